The summed E-state index contributed by atoms with van der Waals surface area (Å²) < 4.78 is 2.00. The smallest absolute Gasteiger partial charge is 0.0628 e. The van der Waals surface area contributed by atoms with Crippen molar-refractivity contribution in [1.29, 1.82) is 0 Å². The first-order chi connectivity index (χ1) is 10.1. The number of nitrogens with zero attached hydrogens (tertiary/aromatic N) is 2. The van der Waals surface area contributed by atoms with Crippen molar-refractivity contribution in [1.82, 2.24) is 15.1 Å². The molecule has 3 nitrogen and oxygen atoms in total. The van der Waals surface area contributed by atoms with E-state index < -0.39 is 0 Å². The summed E-state index contributed by atoms with van der Waals surface area (Å²) >= 11 is 1.79. The van der Waals surface area contributed by atoms with Crippen molar-refractivity contribution >= 4 is 11.3 Å². The number of hydrogen-bond donors (Lipinski definition) is 1. The average Bonchev–Trinajstić information content (AvgIpc) is 3.04. The van der Waals surface area contributed by atoms with Crippen molar-refractivity contribution in [3.8, 4) is 0 Å². The van der Waals surface area contributed by atoms with Gasteiger partial charge in [0.25, 0.3) is 0 Å². The molecule has 2 heterocycles. The minimum Gasteiger partial charge on any atom is -0.314 e. The van der Waals surface area contributed by atoms with Crippen molar-refractivity contribution in [3.05, 3.63) is 39.3 Å². The topological polar surface area (TPSA) is 29.9 Å². The van der Waals surface area contributed by atoms with Crippen LogP contribution in [0.4, 0.5) is 0 Å². The van der Waals surface area contributed by atoms with E-state index in [1.807, 2.05) is 11.7 Å². The van der Waals surface area contributed by atoms with Gasteiger partial charge in [-0.15, -0.1) is 0 Å². The van der Waals surface area contributed by atoms with Crippen LogP contribution in [0.15, 0.2) is 16.8 Å². The molecule has 0 aliphatic carbocycles. The van der Waals surface area contributed by atoms with E-state index in [1.165, 1.54) is 35.4 Å². The van der Waals surface area contributed by atoms with Crippen molar-refractivity contribution in [2.75, 3.05) is 6.54 Å². The Morgan fingerprint density at radius 2 is 2.19 bits per heavy atom. The van der Waals surface area contributed by atoms with Gasteiger partial charge in [0.15, 0.2) is 0 Å². The number of aromatic nitrogens is 2. The Morgan fingerprint density at radius 3 is 2.76 bits per heavy atom. The number of rotatable bonds is 8. The van der Waals surface area contributed by atoms with E-state index in [0.717, 1.165) is 19.4 Å². The molecule has 2 rings (SSSR count). The van der Waals surface area contributed by atoms with Crippen LogP contribution in [-0.2, 0) is 19.9 Å². The van der Waals surface area contributed by atoms with Gasteiger partial charge in [-0.3, -0.25) is 4.68 Å². The first-order valence-corrected chi connectivity index (χ1v) is 8.79. The third-order valence-electron chi connectivity index (χ3n) is 4.15. The molecule has 1 unspecified atom stereocenters. The summed E-state index contributed by atoms with van der Waals surface area (Å²) in [5.74, 6) is 0. The minimum absolute atomic E-state index is 0.554. The van der Waals surface area contributed by atoms with Gasteiger partial charge in [-0.1, -0.05) is 6.92 Å². The summed E-state index contributed by atoms with van der Waals surface area (Å²) in [7, 11) is 2.03. The zero-order valence-corrected chi connectivity index (χ0v) is 14.5. The second-order valence-corrected chi connectivity index (χ2v) is 6.58. The Morgan fingerprint density at radius 1 is 1.38 bits per heavy atom. The molecule has 1 atom stereocenters. The fourth-order valence-electron chi connectivity index (χ4n) is 2.82. The lowest BCUT2D eigenvalue weighted by molar-refractivity contribution is 0.477. The van der Waals surface area contributed by atoms with E-state index in [9.17, 15) is 0 Å². The van der Waals surface area contributed by atoms with Crippen LogP contribution >= 0.6 is 11.3 Å². The maximum Gasteiger partial charge on any atom is 0.0628 e. The Bertz CT molecular complexity index is 543. The molecule has 0 aromatic carbocycles. The fraction of sp³-hybridized carbons (Fsp3) is 0.588. The molecule has 2 aromatic rings. The lowest BCUT2D eigenvalue weighted by atomic mass is 9.99. The molecule has 0 radical (unpaired) electrons. The summed E-state index contributed by atoms with van der Waals surface area (Å²) in [6.45, 7) is 7.61. The molecule has 0 amide bonds. The molecule has 0 aliphatic heterocycles. The number of thiophene rings is 1. The highest BCUT2D eigenvalue weighted by atomic mass is 32.1. The SMILES string of the molecule is CCCNC(CCc1c(C)nn(C)c1C)Cc1ccsc1. The maximum absolute atomic E-state index is 4.52. The molecule has 116 valence electrons. The van der Waals surface area contributed by atoms with Crippen molar-refractivity contribution in [3.63, 3.8) is 0 Å². The van der Waals surface area contributed by atoms with Crippen LogP contribution < -0.4 is 5.32 Å². The molecular weight excluding hydrogens is 278 g/mol. The van der Waals surface area contributed by atoms with Crippen molar-refractivity contribution < 1.29 is 0 Å². The summed E-state index contributed by atoms with van der Waals surface area (Å²) in [5, 5.41) is 12.7. The molecule has 2 aromatic heterocycles. The Hall–Kier alpha value is -1.13. The van der Waals surface area contributed by atoms with Gasteiger partial charge >= 0.3 is 0 Å². The molecule has 21 heavy (non-hydrogen) atoms. The van der Waals surface area contributed by atoms with Gasteiger partial charge in [0.05, 0.1) is 5.69 Å². The van der Waals surface area contributed by atoms with Crippen LogP contribution in [0.1, 0.15) is 42.3 Å². The zero-order chi connectivity index (χ0) is 15.2. The zero-order valence-electron chi connectivity index (χ0n) is 13.6. The summed E-state index contributed by atoms with van der Waals surface area (Å²) in [5.41, 5.74) is 5.36. The highest BCUT2D eigenvalue weighted by Crippen LogP contribution is 2.17. The van der Waals surface area contributed by atoms with E-state index in [4.69, 9.17) is 0 Å². The van der Waals surface area contributed by atoms with Gasteiger partial charge in [-0.05, 0) is 74.0 Å². The Kier molecular flexibility index (Phi) is 6.00. The largest absolute Gasteiger partial charge is 0.314 e. The van der Waals surface area contributed by atoms with Crippen LogP contribution in [-0.4, -0.2) is 22.4 Å². The highest BCUT2D eigenvalue weighted by molar-refractivity contribution is 7.07. The molecular formula is C17H27N3S. The first kappa shape index (κ1) is 16.2. The van der Waals surface area contributed by atoms with Crippen LogP contribution in [0, 0.1) is 13.8 Å². The van der Waals surface area contributed by atoms with Gasteiger partial charge in [0.2, 0.25) is 0 Å². The van der Waals surface area contributed by atoms with Crippen LogP contribution in [0.3, 0.4) is 0 Å². The summed E-state index contributed by atoms with van der Waals surface area (Å²) in [6.07, 6.45) is 4.59. The second-order valence-electron chi connectivity index (χ2n) is 5.80. The number of nitrogens with one attached hydrogen (secondary N) is 1. The third-order valence-corrected chi connectivity index (χ3v) is 4.88. The maximum atomic E-state index is 4.52. The molecule has 0 saturated heterocycles. The fourth-order valence-corrected chi connectivity index (χ4v) is 3.50. The predicted molar refractivity (Wildman–Crippen MR) is 91.1 cm³/mol. The lowest BCUT2D eigenvalue weighted by Gasteiger charge is -2.18. The van der Waals surface area contributed by atoms with Gasteiger partial charge in [0, 0.05) is 18.8 Å². The molecule has 0 spiro atoms. The minimum atomic E-state index is 0.554. The summed E-state index contributed by atoms with van der Waals surface area (Å²) in [4.78, 5) is 0. The standard InChI is InChI=1S/C17H27N3S/c1-5-9-18-16(11-15-8-10-21-12-15)6-7-17-13(2)19-20(4)14(17)3/h8,10,12,16,18H,5-7,9,11H2,1-4H3. The number of hydrogen-bond acceptors (Lipinski definition) is 3. The average molecular weight is 305 g/mol. The van der Waals surface area contributed by atoms with E-state index >= 15 is 0 Å². The van der Waals surface area contributed by atoms with Gasteiger partial charge in [-0.2, -0.15) is 16.4 Å². The van der Waals surface area contributed by atoms with Gasteiger partial charge < -0.3 is 5.32 Å². The Labute approximate surface area is 132 Å². The monoisotopic (exact) mass is 305 g/mol. The molecule has 1 N–H and O–H groups in total. The third kappa shape index (κ3) is 4.42. The lowest BCUT2D eigenvalue weighted by Crippen LogP contribution is -2.32. The van der Waals surface area contributed by atoms with E-state index in [2.05, 4.69) is 48.0 Å². The highest BCUT2D eigenvalue weighted by Gasteiger charge is 2.14. The van der Waals surface area contributed by atoms with Crippen LogP contribution in [0.5, 0.6) is 0 Å². The Balaban J connectivity index is 1.97. The molecule has 0 bridgehead atoms. The van der Waals surface area contributed by atoms with Gasteiger partial charge in [0.1, 0.15) is 0 Å². The normalized spacial score (nSPS) is 12.8. The summed E-state index contributed by atoms with van der Waals surface area (Å²) in [6, 6.07) is 2.80. The molecule has 0 fully saturated rings. The van der Waals surface area contributed by atoms with Gasteiger partial charge in [-0.25, -0.2) is 0 Å². The molecule has 0 aliphatic rings. The van der Waals surface area contributed by atoms with Crippen LogP contribution in [0.2, 0.25) is 0 Å². The predicted octanol–water partition coefficient (Wildman–Crippen LogP) is 3.64. The molecule has 4 heteroatoms. The molecule has 0 saturated carbocycles. The van der Waals surface area contributed by atoms with Crippen molar-refractivity contribution in [2.45, 2.75) is 52.5 Å². The van der Waals surface area contributed by atoms with Crippen LogP contribution in [0.25, 0.3) is 0 Å². The number of aryl methyl sites for hydroxylation is 2. The quantitative estimate of drug-likeness (QED) is 0.807. The first-order valence-electron chi connectivity index (χ1n) is 7.85. The van der Waals surface area contributed by atoms with E-state index in [-0.39, 0.29) is 0 Å². The van der Waals surface area contributed by atoms with E-state index in [1.54, 1.807) is 11.3 Å². The van der Waals surface area contributed by atoms with E-state index in [0.29, 0.717) is 6.04 Å². The van der Waals surface area contributed by atoms with Crippen molar-refractivity contribution in [2.24, 2.45) is 7.05 Å². The second kappa shape index (κ2) is 7.76.